The molecular formula is C17H22ClN3. The summed E-state index contributed by atoms with van der Waals surface area (Å²) in [5.74, 6) is 0.641. The summed E-state index contributed by atoms with van der Waals surface area (Å²) in [6.45, 7) is 2.17. The summed E-state index contributed by atoms with van der Waals surface area (Å²) < 4.78 is 2.14. The summed E-state index contributed by atoms with van der Waals surface area (Å²) in [5, 5.41) is 4.57. The molecule has 0 atom stereocenters. The van der Waals surface area contributed by atoms with Crippen LogP contribution < -0.4 is 5.32 Å². The number of unbranched alkanes of at least 4 members (excludes halogenated alkanes) is 1. The van der Waals surface area contributed by atoms with E-state index in [1.54, 1.807) is 0 Å². The Morgan fingerprint density at radius 2 is 2.10 bits per heavy atom. The van der Waals surface area contributed by atoms with Crippen molar-refractivity contribution >= 4 is 11.6 Å². The zero-order valence-corrected chi connectivity index (χ0v) is 13.0. The van der Waals surface area contributed by atoms with E-state index >= 15 is 0 Å². The van der Waals surface area contributed by atoms with Crippen molar-refractivity contribution in [2.24, 2.45) is 0 Å². The standard InChI is InChI=1S/C17H22ClN3/c18-17-6-2-1-5-16(17)14-11-15(12-14)20-7-3-4-9-21-10-8-19-13-21/h1-2,5-6,8,10,13-15,20H,3-4,7,9,11-12H2. The molecule has 3 nitrogen and oxygen atoms in total. The van der Waals surface area contributed by atoms with Gasteiger partial charge in [-0.3, -0.25) is 0 Å². The predicted molar refractivity (Wildman–Crippen MR) is 86.7 cm³/mol. The molecule has 0 radical (unpaired) electrons. The average molecular weight is 304 g/mol. The normalized spacial score (nSPS) is 21.2. The molecule has 1 aromatic carbocycles. The Morgan fingerprint density at radius 3 is 2.86 bits per heavy atom. The first-order valence-electron chi connectivity index (χ1n) is 7.76. The lowest BCUT2D eigenvalue weighted by Crippen LogP contribution is -2.40. The van der Waals surface area contributed by atoms with E-state index in [1.807, 2.05) is 30.9 Å². The number of rotatable bonds is 7. The molecule has 1 heterocycles. The molecule has 0 spiro atoms. The monoisotopic (exact) mass is 303 g/mol. The van der Waals surface area contributed by atoms with Gasteiger partial charge in [0.25, 0.3) is 0 Å². The SMILES string of the molecule is Clc1ccccc1C1CC(NCCCCn2ccnc2)C1. The Balaban J connectivity index is 1.30. The maximum Gasteiger partial charge on any atom is 0.0945 e. The topological polar surface area (TPSA) is 29.9 Å². The number of halogens is 1. The first kappa shape index (κ1) is 14.6. The number of nitrogens with zero attached hydrogens (tertiary/aromatic N) is 2. The molecule has 1 aliphatic rings. The van der Waals surface area contributed by atoms with E-state index < -0.39 is 0 Å². The van der Waals surface area contributed by atoms with Crippen molar-refractivity contribution in [3.8, 4) is 0 Å². The first-order valence-corrected chi connectivity index (χ1v) is 8.14. The smallest absolute Gasteiger partial charge is 0.0945 e. The van der Waals surface area contributed by atoms with Crippen molar-refractivity contribution in [3.05, 3.63) is 53.6 Å². The fraction of sp³-hybridized carbons (Fsp3) is 0.471. The van der Waals surface area contributed by atoms with Crippen molar-refractivity contribution in [3.63, 3.8) is 0 Å². The van der Waals surface area contributed by atoms with Gasteiger partial charge in [-0.15, -0.1) is 0 Å². The molecule has 2 aromatic rings. The van der Waals surface area contributed by atoms with Gasteiger partial charge in [-0.2, -0.15) is 0 Å². The lowest BCUT2D eigenvalue weighted by Gasteiger charge is -2.37. The molecule has 0 bridgehead atoms. The van der Waals surface area contributed by atoms with Crippen LogP contribution >= 0.6 is 11.6 Å². The van der Waals surface area contributed by atoms with Crippen LogP contribution in [0.2, 0.25) is 5.02 Å². The molecule has 0 aliphatic heterocycles. The zero-order valence-electron chi connectivity index (χ0n) is 12.2. The Bertz CT molecular complexity index is 547. The van der Waals surface area contributed by atoms with Crippen LogP contribution in [0.15, 0.2) is 43.0 Å². The fourth-order valence-corrected chi connectivity index (χ4v) is 3.28. The van der Waals surface area contributed by atoms with E-state index in [-0.39, 0.29) is 0 Å². The second-order valence-corrected chi connectivity index (χ2v) is 6.26. The number of aryl methyl sites for hydroxylation is 1. The molecular weight excluding hydrogens is 282 g/mol. The van der Waals surface area contributed by atoms with Crippen molar-refractivity contribution in [1.29, 1.82) is 0 Å². The largest absolute Gasteiger partial charge is 0.337 e. The highest BCUT2D eigenvalue weighted by Crippen LogP contribution is 2.39. The molecule has 112 valence electrons. The number of aromatic nitrogens is 2. The Kier molecular flexibility index (Phi) is 4.94. The van der Waals surface area contributed by atoms with Crippen LogP contribution in [0.25, 0.3) is 0 Å². The van der Waals surface area contributed by atoms with Gasteiger partial charge >= 0.3 is 0 Å². The minimum Gasteiger partial charge on any atom is -0.337 e. The molecule has 1 aromatic heterocycles. The van der Waals surface area contributed by atoms with E-state index in [4.69, 9.17) is 11.6 Å². The predicted octanol–water partition coefficient (Wildman–Crippen LogP) is 3.85. The molecule has 4 heteroatoms. The van der Waals surface area contributed by atoms with Crippen molar-refractivity contribution in [2.45, 2.75) is 44.2 Å². The summed E-state index contributed by atoms with van der Waals surface area (Å²) in [4.78, 5) is 4.05. The van der Waals surface area contributed by atoms with Crippen molar-refractivity contribution < 1.29 is 0 Å². The van der Waals surface area contributed by atoms with Gasteiger partial charge in [-0.25, -0.2) is 4.98 Å². The molecule has 1 N–H and O–H groups in total. The summed E-state index contributed by atoms with van der Waals surface area (Å²) in [6.07, 6.45) is 10.6. The third kappa shape index (κ3) is 3.86. The highest BCUT2D eigenvalue weighted by Gasteiger charge is 2.30. The Labute approximate surface area is 131 Å². The van der Waals surface area contributed by atoms with Gasteiger partial charge in [0.1, 0.15) is 0 Å². The molecule has 1 saturated carbocycles. The summed E-state index contributed by atoms with van der Waals surface area (Å²) >= 11 is 6.25. The quantitative estimate of drug-likeness (QED) is 0.787. The van der Waals surface area contributed by atoms with Crippen LogP contribution in [0.3, 0.4) is 0 Å². The van der Waals surface area contributed by atoms with Gasteiger partial charge in [0, 0.05) is 30.0 Å². The highest BCUT2D eigenvalue weighted by atomic mass is 35.5. The molecule has 0 amide bonds. The zero-order chi connectivity index (χ0) is 14.5. The van der Waals surface area contributed by atoms with Crippen molar-refractivity contribution in [1.82, 2.24) is 14.9 Å². The van der Waals surface area contributed by atoms with E-state index in [0.717, 1.165) is 18.1 Å². The Morgan fingerprint density at radius 1 is 1.24 bits per heavy atom. The number of hydrogen-bond donors (Lipinski definition) is 1. The van der Waals surface area contributed by atoms with E-state index in [9.17, 15) is 0 Å². The van der Waals surface area contributed by atoms with E-state index in [2.05, 4.69) is 27.0 Å². The minimum atomic E-state index is 0.641. The Hall–Kier alpha value is -1.32. The third-order valence-electron chi connectivity index (χ3n) is 4.32. The fourth-order valence-electron chi connectivity index (χ4n) is 2.99. The lowest BCUT2D eigenvalue weighted by molar-refractivity contribution is 0.289. The van der Waals surface area contributed by atoms with Gasteiger partial charge in [-0.1, -0.05) is 29.8 Å². The maximum atomic E-state index is 6.25. The third-order valence-corrected chi connectivity index (χ3v) is 4.66. The van der Waals surface area contributed by atoms with Gasteiger partial charge in [-0.05, 0) is 49.8 Å². The van der Waals surface area contributed by atoms with Gasteiger partial charge in [0.05, 0.1) is 6.33 Å². The summed E-state index contributed by atoms with van der Waals surface area (Å²) in [5.41, 5.74) is 1.32. The van der Waals surface area contributed by atoms with Crippen LogP contribution in [0, 0.1) is 0 Å². The lowest BCUT2D eigenvalue weighted by atomic mass is 9.76. The number of benzene rings is 1. The summed E-state index contributed by atoms with van der Waals surface area (Å²) in [6, 6.07) is 8.90. The molecule has 0 unspecified atom stereocenters. The molecule has 1 fully saturated rings. The van der Waals surface area contributed by atoms with E-state index in [1.165, 1.54) is 31.2 Å². The molecule has 3 rings (SSSR count). The van der Waals surface area contributed by atoms with Gasteiger partial charge in [0.2, 0.25) is 0 Å². The van der Waals surface area contributed by atoms with E-state index in [0.29, 0.717) is 12.0 Å². The van der Waals surface area contributed by atoms with Gasteiger partial charge in [0.15, 0.2) is 0 Å². The maximum absolute atomic E-state index is 6.25. The van der Waals surface area contributed by atoms with Crippen LogP contribution in [0.1, 0.15) is 37.2 Å². The van der Waals surface area contributed by atoms with Gasteiger partial charge < -0.3 is 9.88 Å². The number of nitrogens with one attached hydrogen (secondary N) is 1. The number of imidazole rings is 1. The minimum absolute atomic E-state index is 0.641. The highest BCUT2D eigenvalue weighted by molar-refractivity contribution is 6.31. The van der Waals surface area contributed by atoms with Crippen LogP contribution in [0.4, 0.5) is 0 Å². The van der Waals surface area contributed by atoms with Crippen LogP contribution in [-0.4, -0.2) is 22.1 Å². The van der Waals surface area contributed by atoms with Crippen LogP contribution in [0.5, 0.6) is 0 Å². The second kappa shape index (κ2) is 7.10. The molecule has 0 saturated heterocycles. The average Bonchev–Trinajstić information content (AvgIpc) is 2.95. The van der Waals surface area contributed by atoms with Crippen LogP contribution in [-0.2, 0) is 6.54 Å². The summed E-state index contributed by atoms with van der Waals surface area (Å²) in [7, 11) is 0. The number of hydrogen-bond acceptors (Lipinski definition) is 2. The molecule has 21 heavy (non-hydrogen) atoms. The first-order chi connectivity index (χ1) is 10.3. The molecule has 1 aliphatic carbocycles. The van der Waals surface area contributed by atoms with Crippen molar-refractivity contribution in [2.75, 3.05) is 6.54 Å². The second-order valence-electron chi connectivity index (χ2n) is 5.85.